The molecule has 3 rings (SSSR count). The van der Waals surface area contributed by atoms with Crippen LogP contribution in [0.25, 0.3) is 10.9 Å². The van der Waals surface area contributed by atoms with E-state index in [-0.39, 0.29) is 0 Å². The van der Waals surface area contributed by atoms with Gasteiger partial charge in [0, 0.05) is 30.4 Å². The predicted octanol–water partition coefficient (Wildman–Crippen LogP) is 3.79. The molecule has 0 aliphatic rings. The van der Waals surface area contributed by atoms with Crippen LogP contribution in [0.15, 0.2) is 48.8 Å². The van der Waals surface area contributed by atoms with Crippen molar-refractivity contribution >= 4 is 22.5 Å². The minimum atomic E-state index is 0.503. The Balaban J connectivity index is 1.97. The summed E-state index contributed by atoms with van der Waals surface area (Å²) in [7, 11) is 1.87. The van der Waals surface area contributed by atoms with Gasteiger partial charge in [0.2, 0.25) is 5.88 Å². The average Bonchev–Trinajstić information content (AvgIpc) is 2.51. The van der Waals surface area contributed by atoms with Gasteiger partial charge in [-0.1, -0.05) is 29.8 Å². The molecular formula is C16H14ClN3O. The lowest BCUT2D eigenvalue weighted by molar-refractivity contribution is 0.466. The molecule has 0 aliphatic heterocycles. The summed E-state index contributed by atoms with van der Waals surface area (Å²) in [5.41, 5.74) is 1.75. The van der Waals surface area contributed by atoms with E-state index in [4.69, 9.17) is 16.3 Å². The summed E-state index contributed by atoms with van der Waals surface area (Å²) in [4.78, 5) is 8.58. The van der Waals surface area contributed by atoms with Crippen molar-refractivity contribution in [2.24, 2.45) is 0 Å². The summed E-state index contributed by atoms with van der Waals surface area (Å²) in [6, 6.07) is 11.5. The van der Waals surface area contributed by atoms with Gasteiger partial charge in [0.25, 0.3) is 0 Å². The van der Waals surface area contributed by atoms with E-state index in [0.29, 0.717) is 23.2 Å². The minimum Gasteiger partial charge on any atom is -0.437 e. The Kier molecular flexibility index (Phi) is 3.99. The standard InChI is InChI=1S/C16H14ClN3O/c1-18-9-12-8-15(20-10-13(12)17)21-14-6-2-4-11-5-3-7-19-16(11)14/h2-8,10,18H,9H2,1H3. The molecule has 5 heteroatoms. The summed E-state index contributed by atoms with van der Waals surface area (Å²) in [6.45, 7) is 0.658. The van der Waals surface area contributed by atoms with E-state index >= 15 is 0 Å². The van der Waals surface area contributed by atoms with Gasteiger partial charge in [-0.3, -0.25) is 4.98 Å². The van der Waals surface area contributed by atoms with E-state index in [9.17, 15) is 0 Å². The molecule has 3 aromatic rings. The van der Waals surface area contributed by atoms with Crippen LogP contribution in [0.2, 0.25) is 5.02 Å². The summed E-state index contributed by atoms with van der Waals surface area (Å²) in [6.07, 6.45) is 3.35. The number of hydrogen-bond donors (Lipinski definition) is 1. The Hall–Kier alpha value is -2.17. The number of nitrogens with one attached hydrogen (secondary N) is 1. The Labute approximate surface area is 127 Å². The lowest BCUT2D eigenvalue weighted by Crippen LogP contribution is -2.06. The lowest BCUT2D eigenvalue weighted by atomic mass is 10.2. The van der Waals surface area contributed by atoms with Crippen LogP contribution < -0.4 is 10.1 Å². The highest BCUT2D eigenvalue weighted by atomic mass is 35.5. The van der Waals surface area contributed by atoms with Crippen molar-refractivity contribution in [2.75, 3.05) is 7.05 Å². The zero-order chi connectivity index (χ0) is 14.7. The summed E-state index contributed by atoms with van der Waals surface area (Å²) in [5.74, 6) is 1.18. The Morgan fingerprint density at radius 2 is 2.05 bits per heavy atom. The molecule has 0 amide bonds. The van der Waals surface area contributed by atoms with Gasteiger partial charge in [0.15, 0.2) is 5.75 Å². The maximum absolute atomic E-state index is 6.10. The van der Waals surface area contributed by atoms with Crippen molar-refractivity contribution in [1.82, 2.24) is 15.3 Å². The second kappa shape index (κ2) is 6.08. The van der Waals surface area contributed by atoms with Gasteiger partial charge in [0.05, 0.1) is 5.02 Å². The number of rotatable bonds is 4. The summed E-state index contributed by atoms with van der Waals surface area (Å²) in [5, 5.41) is 4.71. The molecule has 106 valence electrons. The van der Waals surface area contributed by atoms with Crippen LogP contribution in [0.5, 0.6) is 11.6 Å². The molecule has 0 aliphatic carbocycles. The maximum atomic E-state index is 6.10. The van der Waals surface area contributed by atoms with Crippen LogP contribution in [0.3, 0.4) is 0 Å². The first kappa shape index (κ1) is 13.8. The molecule has 0 bridgehead atoms. The number of aromatic nitrogens is 2. The van der Waals surface area contributed by atoms with E-state index in [2.05, 4.69) is 15.3 Å². The Bertz CT molecular complexity index is 771. The van der Waals surface area contributed by atoms with Crippen LogP contribution in [-0.4, -0.2) is 17.0 Å². The van der Waals surface area contributed by atoms with Crippen LogP contribution in [-0.2, 0) is 6.54 Å². The molecule has 0 radical (unpaired) electrons. The fraction of sp³-hybridized carbons (Fsp3) is 0.125. The molecule has 2 heterocycles. The third-order valence-corrected chi connectivity index (χ3v) is 3.43. The molecule has 1 aromatic carbocycles. The van der Waals surface area contributed by atoms with Gasteiger partial charge >= 0.3 is 0 Å². The van der Waals surface area contributed by atoms with E-state index in [1.807, 2.05) is 43.4 Å². The van der Waals surface area contributed by atoms with Crippen molar-refractivity contribution in [1.29, 1.82) is 0 Å². The quantitative estimate of drug-likeness (QED) is 0.796. The van der Waals surface area contributed by atoms with Crippen molar-refractivity contribution in [2.45, 2.75) is 6.54 Å². The van der Waals surface area contributed by atoms with Crippen LogP contribution >= 0.6 is 11.6 Å². The third kappa shape index (κ3) is 2.96. The fourth-order valence-corrected chi connectivity index (χ4v) is 2.28. The number of nitrogens with zero attached hydrogens (tertiary/aromatic N) is 2. The predicted molar refractivity (Wildman–Crippen MR) is 83.8 cm³/mol. The zero-order valence-electron chi connectivity index (χ0n) is 11.5. The minimum absolute atomic E-state index is 0.503. The topological polar surface area (TPSA) is 47.0 Å². The van der Waals surface area contributed by atoms with Gasteiger partial charge in [-0.25, -0.2) is 4.98 Å². The van der Waals surface area contributed by atoms with Gasteiger partial charge < -0.3 is 10.1 Å². The van der Waals surface area contributed by atoms with Gasteiger partial charge in [-0.2, -0.15) is 0 Å². The summed E-state index contributed by atoms with van der Waals surface area (Å²) >= 11 is 6.10. The maximum Gasteiger partial charge on any atom is 0.219 e. The second-order valence-electron chi connectivity index (χ2n) is 4.58. The van der Waals surface area contributed by atoms with Crippen LogP contribution in [0.1, 0.15) is 5.56 Å². The Morgan fingerprint density at radius 3 is 2.90 bits per heavy atom. The normalized spacial score (nSPS) is 10.8. The Morgan fingerprint density at radius 1 is 1.19 bits per heavy atom. The molecule has 0 atom stereocenters. The smallest absolute Gasteiger partial charge is 0.219 e. The first-order valence-corrected chi connectivity index (χ1v) is 6.96. The van der Waals surface area contributed by atoms with Crippen molar-refractivity contribution in [3.8, 4) is 11.6 Å². The van der Waals surface area contributed by atoms with Crippen LogP contribution in [0.4, 0.5) is 0 Å². The molecule has 21 heavy (non-hydrogen) atoms. The van der Waals surface area contributed by atoms with Gasteiger partial charge in [-0.15, -0.1) is 0 Å². The molecular weight excluding hydrogens is 286 g/mol. The van der Waals surface area contributed by atoms with Crippen LogP contribution in [0, 0.1) is 0 Å². The molecule has 0 spiro atoms. The number of benzene rings is 1. The SMILES string of the molecule is CNCc1cc(Oc2cccc3cccnc23)ncc1Cl. The highest BCUT2D eigenvalue weighted by Gasteiger charge is 2.08. The van der Waals surface area contributed by atoms with E-state index in [1.54, 1.807) is 12.4 Å². The van der Waals surface area contributed by atoms with Gasteiger partial charge in [-0.05, 0) is 24.7 Å². The van der Waals surface area contributed by atoms with Gasteiger partial charge in [0.1, 0.15) is 5.52 Å². The molecule has 4 nitrogen and oxygen atoms in total. The largest absolute Gasteiger partial charge is 0.437 e. The first-order valence-electron chi connectivity index (χ1n) is 6.58. The number of fused-ring (bicyclic) bond motifs is 1. The highest BCUT2D eigenvalue weighted by Crippen LogP contribution is 2.28. The number of halogens is 1. The monoisotopic (exact) mass is 299 g/mol. The lowest BCUT2D eigenvalue weighted by Gasteiger charge is -2.09. The first-order chi connectivity index (χ1) is 10.3. The molecule has 1 N–H and O–H groups in total. The third-order valence-electron chi connectivity index (χ3n) is 3.09. The summed E-state index contributed by atoms with van der Waals surface area (Å²) < 4.78 is 5.87. The number of hydrogen-bond acceptors (Lipinski definition) is 4. The second-order valence-corrected chi connectivity index (χ2v) is 4.98. The number of para-hydroxylation sites is 1. The van der Waals surface area contributed by atoms with Crippen molar-refractivity contribution in [3.63, 3.8) is 0 Å². The van der Waals surface area contributed by atoms with E-state index < -0.39 is 0 Å². The number of ether oxygens (including phenoxy) is 1. The molecule has 0 fully saturated rings. The number of pyridine rings is 2. The van der Waals surface area contributed by atoms with E-state index in [0.717, 1.165) is 16.5 Å². The van der Waals surface area contributed by atoms with Crippen molar-refractivity contribution in [3.05, 3.63) is 59.4 Å². The highest BCUT2D eigenvalue weighted by molar-refractivity contribution is 6.31. The van der Waals surface area contributed by atoms with Crippen molar-refractivity contribution < 1.29 is 4.74 Å². The fourth-order valence-electron chi connectivity index (χ4n) is 2.11. The molecule has 0 saturated heterocycles. The molecule has 2 aromatic heterocycles. The zero-order valence-corrected chi connectivity index (χ0v) is 12.3. The molecule has 0 saturated carbocycles. The average molecular weight is 300 g/mol. The molecule has 0 unspecified atom stereocenters. The van der Waals surface area contributed by atoms with E-state index in [1.165, 1.54) is 0 Å².